The number of hydrogen-bond acceptors (Lipinski definition) is 10. The van der Waals surface area contributed by atoms with Gasteiger partial charge in [0.05, 0.1) is 6.10 Å². The molecule has 2 aliphatic heterocycles. The van der Waals surface area contributed by atoms with Gasteiger partial charge in [-0.1, -0.05) is 36.8 Å². The van der Waals surface area contributed by atoms with Crippen LogP contribution in [-0.2, 0) is 35.0 Å². The van der Waals surface area contributed by atoms with Crippen LogP contribution in [-0.4, -0.2) is 60.2 Å². The highest BCUT2D eigenvalue weighted by atomic mass is 16.8. The molecule has 1 N–H and O–H groups in total. The van der Waals surface area contributed by atoms with Crippen molar-refractivity contribution >= 4 is 18.5 Å². The molecule has 0 amide bonds. The molecule has 0 radical (unpaired) electrons. The van der Waals surface area contributed by atoms with Crippen molar-refractivity contribution in [3.05, 3.63) is 35.9 Å². The standard InChI is InChI=1S/C14H18O4.2C7H10O3/c15-12-8-4-5-9-13(12)18-14(16)17-10-11-6-2-1-3-7-11;2*8-7-9-5-3-1-2-4-6(5)10-7/h1-3,6-7,12-13,15H,4-5,8-10H2;2*5-6H,1-4H2/t12-,13-;2*5-,6-/m110/s1. The molecule has 1 aromatic rings. The number of fused-ring (bicyclic) bond motifs is 2. The molecule has 10 heteroatoms. The van der Waals surface area contributed by atoms with Gasteiger partial charge in [0.1, 0.15) is 37.1 Å². The van der Waals surface area contributed by atoms with Crippen molar-refractivity contribution in [2.45, 2.75) is 120 Å². The second-order valence-corrected chi connectivity index (χ2v) is 10.2. The van der Waals surface area contributed by atoms with Gasteiger partial charge in [-0.2, -0.15) is 0 Å². The Labute approximate surface area is 222 Å². The van der Waals surface area contributed by atoms with Crippen molar-refractivity contribution in [1.82, 2.24) is 0 Å². The zero-order chi connectivity index (χ0) is 26.7. The summed E-state index contributed by atoms with van der Waals surface area (Å²) in [5.74, 6) is 0. The minimum atomic E-state index is -0.704. The largest absolute Gasteiger partial charge is 0.509 e. The van der Waals surface area contributed by atoms with E-state index in [2.05, 4.69) is 0 Å². The summed E-state index contributed by atoms with van der Waals surface area (Å²) in [5.41, 5.74) is 0.915. The molecule has 0 spiro atoms. The zero-order valence-electron chi connectivity index (χ0n) is 21.7. The van der Waals surface area contributed by atoms with Crippen molar-refractivity contribution in [3.63, 3.8) is 0 Å². The van der Waals surface area contributed by atoms with Gasteiger partial charge in [0.15, 0.2) is 0 Å². The van der Waals surface area contributed by atoms with Crippen molar-refractivity contribution < 1.29 is 47.9 Å². The lowest BCUT2D eigenvalue weighted by Gasteiger charge is -2.26. The number of carbonyl (C=O) groups is 3. The van der Waals surface area contributed by atoms with Crippen LogP contribution in [0.4, 0.5) is 14.4 Å². The summed E-state index contributed by atoms with van der Waals surface area (Å²) in [6, 6.07) is 9.43. The molecule has 6 rings (SSSR count). The molecule has 0 unspecified atom stereocenters. The van der Waals surface area contributed by atoms with Gasteiger partial charge in [-0.15, -0.1) is 0 Å². The van der Waals surface area contributed by atoms with E-state index in [0.717, 1.165) is 69.8 Å². The van der Waals surface area contributed by atoms with Crippen LogP contribution in [0.2, 0.25) is 0 Å². The van der Waals surface area contributed by atoms with Crippen LogP contribution in [0.3, 0.4) is 0 Å². The fourth-order valence-electron chi connectivity index (χ4n) is 5.30. The maximum atomic E-state index is 11.5. The molecule has 6 atom stereocenters. The van der Waals surface area contributed by atoms with E-state index in [9.17, 15) is 19.5 Å². The molecule has 5 aliphatic rings. The first-order valence-electron chi connectivity index (χ1n) is 13.8. The van der Waals surface area contributed by atoms with Crippen LogP contribution in [0.1, 0.15) is 82.6 Å². The van der Waals surface area contributed by atoms with Crippen molar-refractivity contribution in [3.8, 4) is 0 Å². The summed E-state index contributed by atoms with van der Waals surface area (Å²) in [4.78, 5) is 32.6. The molecule has 38 heavy (non-hydrogen) atoms. The van der Waals surface area contributed by atoms with E-state index in [1.807, 2.05) is 30.3 Å². The predicted molar refractivity (Wildman–Crippen MR) is 133 cm³/mol. The van der Waals surface area contributed by atoms with E-state index >= 15 is 0 Å². The summed E-state index contributed by atoms with van der Waals surface area (Å²) < 4.78 is 29.7. The molecule has 5 fully saturated rings. The molecule has 3 saturated carbocycles. The SMILES string of the molecule is O=C(OCc1ccccc1)O[C@@H]1CCCC[C@H]1O.O=C1O[C@@H]2CCCC[C@H]2O1.O=C1O[C@H]2CCCC[C@@H]2O1. The average molecular weight is 535 g/mol. The molecule has 2 saturated heterocycles. The van der Waals surface area contributed by atoms with E-state index in [4.69, 9.17) is 28.4 Å². The fourth-order valence-corrected chi connectivity index (χ4v) is 5.30. The highest BCUT2D eigenvalue weighted by molar-refractivity contribution is 5.63. The van der Waals surface area contributed by atoms with Gasteiger partial charge >= 0.3 is 18.5 Å². The Hall–Kier alpha value is -3.01. The Balaban J connectivity index is 0.000000142. The number of rotatable bonds is 3. The van der Waals surface area contributed by atoms with Gasteiger partial charge < -0.3 is 33.5 Å². The van der Waals surface area contributed by atoms with Gasteiger partial charge in [0, 0.05) is 0 Å². The number of carbonyl (C=O) groups excluding carboxylic acids is 3. The molecule has 1 aromatic carbocycles. The first-order valence-corrected chi connectivity index (χ1v) is 13.8. The molecular formula is C28H38O10. The maximum absolute atomic E-state index is 11.5. The minimum absolute atomic E-state index is 0.0706. The minimum Gasteiger partial charge on any atom is -0.429 e. The third-order valence-electron chi connectivity index (χ3n) is 7.39. The number of aliphatic hydroxyl groups is 1. The highest BCUT2D eigenvalue weighted by Gasteiger charge is 2.38. The molecule has 3 aliphatic carbocycles. The third kappa shape index (κ3) is 8.51. The molecule has 10 nitrogen and oxygen atoms in total. The van der Waals surface area contributed by atoms with Crippen molar-refractivity contribution in [2.24, 2.45) is 0 Å². The van der Waals surface area contributed by atoms with Gasteiger partial charge in [0.2, 0.25) is 0 Å². The number of aliphatic hydroxyl groups excluding tert-OH is 1. The summed E-state index contributed by atoms with van der Waals surface area (Å²) in [6.45, 7) is 0.197. The lowest BCUT2D eigenvalue weighted by molar-refractivity contribution is -0.0510. The highest BCUT2D eigenvalue weighted by Crippen LogP contribution is 2.29. The van der Waals surface area contributed by atoms with Crippen LogP contribution in [0, 0.1) is 0 Å². The van der Waals surface area contributed by atoms with Gasteiger partial charge in [-0.25, -0.2) is 14.4 Å². The summed E-state index contributed by atoms with van der Waals surface area (Å²) >= 11 is 0. The second-order valence-electron chi connectivity index (χ2n) is 10.2. The molecule has 2 heterocycles. The number of hydrogen-bond donors (Lipinski definition) is 1. The Kier molecular flexibility index (Phi) is 10.5. The smallest absolute Gasteiger partial charge is 0.429 e. The fraction of sp³-hybridized carbons (Fsp3) is 0.679. The van der Waals surface area contributed by atoms with E-state index in [0.29, 0.717) is 12.8 Å². The topological polar surface area (TPSA) is 127 Å². The number of benzene rings is 1. The first kappa shape index (κ1) is 28.0. The normalized spacial score (nSPS) is 31.2. The van der Waals surface area contributed by atoms with Gasteiger partial charge in [-0.05, 0) is 76.2 Å². The quantitative estimate of drug-likeness (QED) is 0.388. The third-order valence-corrected chi connectivity index (χ3v) is 7.39. The second kappa shape index (κ2) is 14.2. The summed E-state index contributed by atoms with van der Waals surface area (Å²) in [5, 5.41) is 9.67. The zero-order valence-corrected chi connectivity index (χ0v) is 21.7. The molecule has 210 valence electrons. The van der Waals surface area contributed by atoms with Crippen LogP contribution >= 0.6 is 0 Å². The predicted octanol–water partition coefficient (Wildman–Crippen LogP) is 5.57. The molecule has 0 bridgehead atoms. The van der Waals surface area contributed by atoms with Crippen molar-refractivity contribution in [1.29, 1.82) is 0 Å². The van der Waals surface area contributed by atoms with E-state index < -0.39 is 30.7 Å². The first-order chi connectivity index (χ1) is 18.5. The maximum Gasteiger partial charge on any atom is 0.509 e. The Bertz CT molecular complexity index is 838. The summed E-state index contributed by atoms with van der Waals surface area (Å²) in [7, 11) is 0. The molecule has 0 aromatic heterocycles. The van der Waals surface area contributed by atoms with Gasteiger partial charge in [0.25, 0.3) is 0 Å². The molecular weight excluding hydrogens is 496 g/mol. The Morgan fingerprint density at radius 2 is 1.16 bits per heavy atom. The monoisotopic (exact) mass is 534 g/mol. The van der Waals surface area contributed by atoms with E-state index in [1.54, 1.807) is 0 Å². The van der Waals surface area contributed by atoms with E-state index in [1.165, 1.54) is 0 Å². The van der Waals surface area contributed by atoms with Crippen LogP contribution in [0.15, 0.2) is 30.3 Å². The number of ether oxygens (including phenoxy) is 6. The van der Waals surface area contributed by atoms with Gasteiger partial charge in [-0.3, -0.25) is 0 Å². The Morgan fingerprint density at radius 3 is 1.63 bits per heavy atom. The van der Waals surface area contributed by atoms with Crippen LogP contribution in [0.5, 0.6) is 0 Å². The summed E-state index contributed by atoms with van der Waals surface area (Å²) in [6.07, 6.45) is 9.62. The van der Waals surface area contributed by atoms with E-state index in [-0.39, 0.29) is 31.0 Å². The van der Waals surface area contributed by atoms with Crippen LogP contribution < -0.4 is 0 Å². The van der Waals surface area contributed by atoms with Crippen molar-refractivity contribution in [2.75, 3.05) is 0 Å². The Morgan fingerprint density at radius 1 is 0.711 bits per heavy atom. The lowest BCUT2D eigenvalue weighted by atomic mass is 9.95. The average Bonchev–Trinajstić information content (AvgIpc) is 3.50. The van der Waals surface area contributed by atoms with Crippen LogP contribution in [0.25, 0.3) is 0 Å². The lowest BCUT2D eigenvalue weighted by Crippen LogP contribution is -2.34.